The van der Waals surface area contributed by atoms with Crippen LogP contribution in [0.1, 0.15) is 10.4 Å². The van der Waals surface area contributed by atoms with Crippen LogP contribution >= 0.6 is 11.6 Å². The van der Waals surface area contributed by atoms with Crippen LogP contribution in [-0.4, -0.2) is 37.1 Å². The highest BCUT2D eigenvalue weighted by atomic mass is 35.5. The van der Waals surface area contributed by atoms with Crippen LogP contribution in [0, 0.1) is 11.6 Å². The molecule has 2 aromatic carbocycles. The normalized spacial score (nSPS) is 14.0. The summed E-state index contributed by atoms with van der Waals surface area (Å²) in [6.45, 7) is 2.80. The molecule has 0 saturated carbocycles. The number of hydrogen-bond acceptors (Lipinski definition) is 4. The van der Waals surface area contributed by atoms with Crippen molar-refractivity contribution < 1.29 is 13.6 Å². The molecule has 3 aromatic rings. The minimum atomic E-state index is -0.830. The molecule has 0 spiro atoms. The van der Waals surface area contributed by atoms with Crippen molar-refractivity contribution in [1.29, 1.82) is 0 Å². The van der Waals surface area contributed by atoms with Gasteiger partial charge in [-0.2, -0.15) is 0 Å². The first-order chi connectivity index (χ1) is 14.5. The van der Waals surface area contributed by atoms with Crippen molar-refractivity contribution >= 4 is 34.7 Å². The van der Waals surface area contributed by atoms with Crippen molar-refractivity contribution in [3.8, 4) is 0 Å². The van der Waals surface area contributed by atoms with E-state index in [1.54, 1.807) is 18.3 Å². The number of carbonyl (C=O) groups excluding carboxylic acids is 1. The molecule has 8 heteroatoms. The van der Waals surface area contributed by atoms with E-state index in [0.29, 0.717) is 29.5 Å². The van der Waals surface area contributed by atoms with E-state index in [-0.39, 0.29) is 5.69 Å². The van der Waals surface area contributed by atoms with Gasteiger partial charge in [-0.15, -0.1) is 0 Å². The van der Waals surface area contributed by atoms with Gasteiger partial charge in [-0.3, -0.25) is 4.79 Å². The van der Waals surface area contributed by atoms with Gasteiger partial charge in [-0.05, 0) is 42.5 Å². The maximum atomic E-state index is 13.9. The van der Waals surface area contributed by atoms with Gasteiger partial charge in [0.25, 0.3) is 5.91 Å². The van der Waals surface area contributed by atoms with E-state index in [1.165, 1.54) is 6.07 Å². The van der Waals surface area contributed by atoms with E-state index < -0.39 is 17.5 Å². The van der Waals surface area contributed by atoms with Crippen LogP contribution in [0.4, 0.5) is 26.0 Å². The molecule has 1 aliphatic rings. The lowest BCUT2D eigenvalue weighted by Crippen LogP contribution is -2.47. The Morgan fingerprint density at radius 3 is 2.47 bits per heavy atom. The largest absolute Gasteiger partial charge is 0.368 e. The van der Waals surface area contributed by atoms with Gasteiger partial charge in [0.15, 0.2) is 0 Å². The Morgan fingerprint density at radius 1 is 0.967 bits per heavy atom. The average Bonchev–Trinajstić information content (AvgIpc) is 2.76. The molecular formula is C22H19ClF2N4O. The van der Waals surface area contributed by atoms with Crippen molar-refractivity contribution in [2.45, 2.75) is 0 Å². The minimum Gasteiger partial charge on any atom is -0.368 e. The van der Waals surface area contributed by atoms with Gasteiger partial charge in [-0.1, -0.05) is 17.7 Å². The van der Waals surface area contributed by atoms with E-state index in [9.17, 15) is 13.6 Å². The highest BCUT2D eigenvalue weighted by molar-refractivity contribution is 6.30. The lowest BCUT2D eigenvalue weighted by molar-refractivity contribution is 0.102. The second-order valence-corrected chi connectivity index (χ2v) is 7.34. The monoisotopic (exact) mass is 428 g/mol. The molecule has 0 radical (unpaired) electrons. The lowest BCUT2D eigenvalue weighted by Gasteiger charge is -2.37. The zero-order valence-electron chi connectivity index (χ0n) is 16.0. The van der Waals surface area contributed by atoms with Gasteiger partial charge in [-0.25, -0.2) is 13.8 Å². The number of amides is 1. The zero-order valence-corrected chi connectivity index (χ0v) is 16.7. The lowest BCUT2D eigenvalue weighted by atomic mass is 10.2. The Kier molecular flexibility index (Phi) is 5.81. The predicted octanol–water partition coefficient (Wildman–Crippen LogP) is 4.59. The number of nitrogens with one attached hydrogen (secondary N) is 1. The minimum absolute atomic E-state index is 0.0815. The number of benzene rings is 2. The van der Waals surface area contributed by atoms with Gasteiger partial charge >= 0.3 is 0 Å². The summed E-state index contributed by atoms with van der Waals surface area (Å²) in [5, 5.41) is 3.19. The fraction of sp³-hybridized carbons (Fsp3) is 0.182. The van der Waals surface area contributed by atoms with Gasteiger partial charge in [0, 0.05) is 49.2 Å². The quantitative estimate of drug-likeness (QED) is 0.660. The summed E-state index contributed by atoms with van der Waals surface area (Å²) >= 11 is 6.09. The number of piperazine rings is 1. The van der Waals surface area contributed by atoms with Crippen molar-refractivity contribution in [3.05, 3.63) is 83.0 Å². The third kappa shape index (κ3) is 4.36. The molecule has 1 fully saturated rings. The highest BCUT2D eigenvalue weighted by Crippen LogP contribution is 2.25. The number of hydrogen-bond donors (Lipinski definition) is 1. The standard InChI is InChI=1S/C22H19ClF2N4O/c23-15-3-1-4-17(13-15)28-9-11-29(12-10-28)21-18(5-2-8-26-21)22(30)27-20-7-6-16(24)14-19(20)25/h1-8,13-14H,9-12H2,(H,27,30). The summed E-state index contributed by atoms with van der Waals surface area (Å²) in [5.41, 5.74) is 1.30. The molecule has 1 amide bonds. The molecule has 0 atom stereocenters. The third-order valence-corrected chi connectivity index (χ3v) is 5.20. The van der Waals surface area contributed by atoms with Gasteiger partial charge < -0.3 is 15.1 Å². The molecule has 5 nitrogen and oxygen atoms in total. The Bertz CT molecular complexity index is 1070. The summed E-state index contributed by atoms with van der Waals surface area (Å²) in [6.07, 6.45) is 1.62. The number of carbonyl (C=O) groups is 1. The second-order valence-electron chi connectivity index (χ2n) is 6.91. The molecule has 0 unspecified atom stereocenters. The predicted molar refractivity (Wildman–Crippen MR) is 114 cm³/mol. The topological polar surface area (TPSA) is 48.5 Å². The Balaban J connectivity index is 1.49. The van der Waals surface area contributed by atoms with Crippen molar-refractivity contribution in [3.63, 3.8) is 0 Å². The summed E-state index contributed by atoms with van der Waals surface area (Å²) in [7, 11) is 0. The molecule has 1 saturated heterocycles. The van der Waals surface area contributed by atoms with Crippen LogP contribution in [0.3, 0.4) is 0 Å². The molecule has 0 bridgehead atoms. The average molecular weight is 429 g/mol. The van der Waals surface area contributed by atoms with Crippen LogP contribution in [0.15, 0.2) is 60.8 Å². The molecular weight excluding hydrogens is 410 g/mol. The van der Waals surface area contributed by atoms with E-state index >= 15 is 0 Å². The number of pyridine rings is 1. The zero-order chi connectivity index (χ0) is 21.1. The van der Waals surface area contributed by atoms with Crippen molar-refractivity contribution in [2.75, 3.05) is 41.3 Å². The van der Waals surface area contributed by atoms with E-state index in [0.717, 1.165) is 30.9 Å². The Hall–Kier alpha value is -3.19. The SMILES string of the molecule is O=C(Nc1ccc(F)cc1F)c1cccnc1N1CCN(c2cccc(Cl)c2)CC1. The molecule has 1 N–H and O–H groups in total. The first-order valence-corrected chi connectivity index (χ1v) is 9.86. The number of aromatic nitrogens is 1. The molecule has 30 heavy (non-hydrogen) atoms. The van der Waals surface area contributed by atoms with Crippen LogP contribution in [0.2, 0.25) is 5.02 Å². The summed E-state index contributed by atoms with van der Waals surface area (Å²) < 4.78 is 27.0. The molecule has 4 rings (SSSR count). The first kappa shape index (κ1) is 20.1. The molecule has 1 aliphatic heterocycles. The molecule has 0 aliphatic carbocycles. The highest BCUT2D eigenvalue weighted by Gasteiger charge is 2.23. The van der Waals surface area contributed by atoms with Crippen LogP contribution in [0.25, 0.3) is 0 Å². The maximum Gasteiger partial charge on any atom is 0.259 e. The summed E-state index contributed by atoms with van der Waals surface area (Å²) in [6, 6.07) is 14.0. The van der Waals surface area contributed by atoms with Crippen LogP contribution < -0.4 is 15.1 Å². The fourth-order valence-electron chi connectivity index (χ4n) is 3.46. The first-order valence-electron chi connectivity index (χ1n) is 9.48. The van der Waals surface area contributed by atoms with Crippen molar-refractivity contribution in [2.24, 2.45) is 0 Å². The van der Waals surface area contributed by atoms with Crippen molar-refractivity contribution in [1.82, 2.24) is 4.98 Å². The smallest absolute Gasteiger partial charge is 0.259 e. The third-order valence-electron chi connectivity index (χ3n) is 4.96. The summed E-state index contributed by atoms with van der Waals surface area (Å²) in [5.74, 6) is -1.50. The van der Waals surface area contributed by atoms with E-state index in [2.05, 4.69) is 15.2 Å². The molecule has 154 valence electrons. The van der Waals surface area contributed by atoms with E-state index in [4.69, 9.17) is 11.6 Å². The van der Waals surface area contributed by atoms with Gasteiger partial charge in [0.2, 0.25) is 0 Å². The number of rotatable bonds is 4. The Labute approximate surface area is 177 Å². The van der Waals surface area contributed by atoms with Crippen LogP contribution in [0.5, 0.6) is 0 Å². The number of nitrogens with zero attached hydrogens (tertiary/aromatic N) is 3. The molecule has 2 heterocycles. The van der Waals surface area contributed by atoms with Crippen LogP contribution in [-0.2, 0) is 0 Å². The number of anilines is 3. The molecule has 1 aromatic heterocycles. The van der Waals surface area contributed by atoms with E-state index in [1.807, 2.05) is 29.2 Å². The Morgan fingerprint density at radius 2 is 1.73 bits per heavy atom. The number of halogens is 3. The summed E-state index contributed by atoms with van der Waals surface area (Å²) in [4.78, 5) is 21.4. The second kappa shape index (κ2) is 8.67. The van der Waals surface area contributed by atoms with Gasteiger partial charge in [0.1, 0.15) is 17.5 Å². The maximum absolute atomic E-state index is 13.9. The van der Waals surface area contributed by atoms with Gasteiger partial charge in [0.05, 0.1) is 11.3 Å². The fourth-order valence-corrected chi connectivity index (χ4v) is 3.64.